The number of hydrogen-bond acceptors (Lipinski definition) is 7. The number of hydrogen-bond donors (Lipinski definition) is 0. The molecule has 1 aliphatic heterocycles. The summed E-state index contributed by atoms with van der Waals surface area (Å²) in [4.78, 5) is 25.1. The van der Waals surface area contributed by atoms with E-state index in [0.717, 1.165) is 38.8 Å². The lowest BCUT2D eigenvalue weighted by Crippen LogP contribution is -2.26. The van der Waals surface area contributed by atoms with Crippen molar-refractivity contribution in [2.45, 2.75) is 25.7 Å². The Labute approximate surface area is 133 Å². The molecule has 3 heterocycles. The predicted octanol–water partition coefficient (Wildman–Crippen LogP) is 2.95. The standard InChI is InChI=1S/C15H17N5O3/c21-20(22)13-14(19-8-3-1-2-4-9-19)17-11-18-15(13)23-12-6-5-7-16-10-12/h5-7,10-11H,1-4,8-9H2. The second kappa shape index (κ2) is 6.99. The van der Waals surface area contributed by atoms with E-state index in [1.165, 1.54) is 12.5 Å². The van der Waals surface area contributed by atoms with Crippen LogP contribution in [0.5, 0.6) is 11.6 Å². The van der Waals surface area contributed by atoms with E-state index in [9.17, 15) is 10.1 Å². The molecule has 0 unspecified atom stereocenters. The maximum atomic E-state index is 11.6. The molecular formula is C15H17N5O3. The van der Waals surface area contributed by atoms with Crippen LogP contribution < -0.4 is 9.64 Å². The van der Waals surface area contributed by atoms with Gasteiger partial charge in [-0.3, -0.25) is 15.1 Å². The Balaban J connectivity index is 1.96. The first-order chi connectivity index (χ1) is 11.3. The fourth-order valence-corrected chi connectivity index (χ4v) is 2.62. The summed E-state index contributed by atoms with van der Waals surface area (Å²) >= 11 is 0. The summed E-state index contributed by atoms with van der Waals surface area (Å²) in [6.07, 6.45) is 8.66. The maximum absolute atomic E-state index is 11.6. The Hall–Kier alpha value is -2.77. The van der Waals surface area contributed by atoms with E-state index in [4.69, 9.17) is 4.74 Å². The van der Waals surface area contributed by atoms with Crippen LogP contribution in [0.25, 0.3) is 0 Å². The zero-order valence-corrected chi connectivity index (χ0v) is 12.6. The first-order valence-electron chi connectivity index (χ1n) is 7.58. The molecule has 0 atom stereocenters. The minimum absolute atomic E-state index is 0.0581. The van der Waals surface area contributed by atoms with Crippen LogP contribution in [0, 0.1) is 10.1 Å². The average Bonchev–Trinajstić information content (AvgIpc) is 2.84. The molecule has 1 fully saturated rings. The van der Waals surface area contributed by atoms with E-state index >= 15 is 0 Å². The number of anilines is 1. The van der Waals surface area contributed by atoms with E-state index in [-0.39, 0.29) is 11.6 Å². The molecule has 1 saturated heterocycles. The SMILES string of the molecule is O=[N+]([O-])c1c(Oc2cccnc2)ncnc1N1CCCCCC1. The summed E-state index contributed by atoms with van der Waals surface area (Å²) in [7, 11) is 0. The van der Waals surface area contributed by atoms with Gasteiger partial charge in [-0.25, -0.2) is 4.98 Å². The molecule has 8 nitrogen and oxygen atoms in total. The van der Waals surface area contributed by atoms with Crippen LogP contribution >= 0.6 is 0 Å². The van der Waals surface area contributed by atoms with E-state index in [1.54, 1.807) is 18.3 Å². The Morgan fingerprint density at radius 3 is 2.61 bits per heavy atom. The van der Waals surface area contributed by atoms with Gasteiger partial charge in [0.15, 0.2) is 0 Å². The van der Waals surface area contributed by atoms with Gasteiger partial charge in [-0.05, 0) is 25.0 Å². The van der Waals surface area contributed by atoms with Crippen molar-refractivity contribution in [1.82, 2.24) is 15.0 Å². The minimum atomic E-state index is -0.480. The van der Waals surface area contributed by atoms with Gasteiger partial charge in [0, 0.05) is 19.3 Å². The number of pyridine rings is 1. The molecule has 0 bridgehead atoms. The Kier molecular flexibility index (Phi) is 4.60. The second-order valence-electron chi connectivity index (χ2n) is 5.30. The molecular weight excluding hydrogens is 298 g/mol. The highest BCUT2D eigenvalue weighted by atomic mass is 16.6. The van der Waals surface area contributed by atoms with Crippen LogP contribution in [-0.2, 0) is 0 Å². The number of ether oxygens (including phenoxy) is 1. The van der Waals surface area contributed by atoms with Gasteiger partial charge >= 0.3 is 11.6 Å². The Morgan fingerprint density at radius 2 is 1.96 bits per heavy atom. The molecule has 0 radical (unpaired) electrons. The molecule has 0 N–H and O–H groups in total. The van der Waals surface area contributed by atoms with E-state index in [0.29, 0.717) is 11.6 Å². The quantitative estimate of drug-likeness (QED) is 0.632. The predicted molar refractivity (Wildman–Crippen MR) is 83.7 cm³/mol. The third-order valence-corrected chi connectivity index (χ3v) is 3.71. The van der Waals surface area contributed by atoms with Gasteiger partial charge in [-0.2, -0.15) is 4.98 Å². The van der Waals surface area contributed by atoms with Crippen molar-refractivity contribution in [2.75, 3.05) is 18.0 Å². The topological polar surface area (TPSA) is 94.3 Å². The molecule has 23 heavy (non-hydrogen) atoms. The molecule has 0 aromatic carbocycles. The number of aromatic nitrogens is 3. The Morgan fingerprint density at radius 1 is 1.17 bits per heavy atom. The van der Waals surface area contributed by atoms with Gasteiger partial charge in [0.25, 0.3) is 0 Å². The monoisotopic (exact) mass is 315 g/mol. The van der Waals surface area contributed by atoms with Gasteiger partial charge in [-0.1, -0.05) is 12.8 Å². The van der Waals surface area contributed by atoms with E-state index in [1.807, 2.05) is 4.90 Å². The van der Waals surface area contributed by atoms with Crippen molar-refractivity contribution in [3.05, 3.63) is 41.0 Å². The second-order valence-corrected chi connectivity index (χ2v) is 5.30. The first kappa shape index (κ1) is 15.1. The van der Waals surface area contributed by atoms with Crippen LogP contribution in [0.2, 0.25) is 0 Å². The van der Waals surface area contributed by atoms with Crippen molar-refractivity contribution < 1.29 is 9.66 Å². The fraction of sp³-hybridized carbons (Fsp3) is 0.400. The van der Waals surface area contributed by atoms with Crippen molar-refractivity contribution in [3.8, 4) is 11.6 Å². The summed E-state index contributed by atoms with van der Waals surface area (Å²) in [5, 5.41) is 11.6. The molecule has 0 amide bonds. The third-order valence-electron chi connectivity index (χ3n) is 3.71. The highest BCUT2D eigenvalue weighted by molar-refractivity contribution is 5.63. The van der Waals surface area contributed by atoms with Gasteiger partial charge in [0.2, 0.25) is 5.82 Å². The van der Waals surface area contributed by atoms with Crippen LogP contribution in [0.4, 0.5) is 11.5 Å². The summed E-state index contributed by atoms with van der Waals surface area (Å²) in [6, 6.07) is 3.36. The smallest absolute Gasteiger partial charge is 0.373 e. The molecule has 0 saturated carbocycles. The zero-order chi connectivity index (χ0) is 16.1. The lowest BCUT2D eigenvalue weighted by atomic mass is 10.2. The summed E-state index contributed by atoms with van der Waals surface area (Å²) in [5.74, 6) is 0.666. The van der Waals surface area contributed by atoms with Crippen LogP contribution in [0.1, 0.15) is 25.7 Å². The summed E-state index contributed by atoms with van der Waals surface area (Å²) in [6.45, 7) is 1.51. The molecule has 120 valence electrons. The number of rotatable bonds is 4. The molecule has 8 heteroatoms. The van der Waals surface area contributed by atoms with E-state index in [2.05, 4.69) is 15.0 Å². The number of nitro groups is 1. The van der Waals surface area contributed by atoms with Crippen molar-refractivity contribution >= 4 is 11.5 Å². The summed E-state index contributed by atoms with van der Waals surface area (Å²) in [5.41, 5.74) is -0.196. The van der Waals surface area contributed by atoms with Crippen LogP contribution in [0.3, 0.4) is 0 Å². The molecule has 2 aromatic rings. The lowest BCUT2D eigenvalue weighted by Gasteiger charge is -2.21. The fourth-order valence-electron chi connectivity index (χ4n) is 2.62. The first-order valence-corrected chi connectivity index (χ1v) is 7.58. The summed E-state index contributed by atoms with van der Waals surface area (Å²) < 4.78 is 5.55. The normalized spacial score (nSPS) is 15.0. The van der Waals surface area contributed by atoms with Crippen molar-refractivity contribution in [2.24, 2.45) is 0 Å². The molecule has 0 spiro atoms. The maximum Gasteiger partial charge on any atom is 0.373 e. The van der Waals surface area contributed by atoms with Crippen molar-refractivity contribution in [1.29, 1.82) is 0 Å². The van der Waals surface area contributed by atoms with Gasteiger partial charge in [0.1, 0.15) is 12.1 Å². The van der Waals surface area contributed by atoms with Crippen molar-refractivity contribution in [3.63, 3.8) is 0 Å². The highest BCUT2D eigenvalue weighted by Gasteiger charge is 2.29. The van der Waals surface area contributed by atoms with Crippen LogP contribution in [0.15, 0.2) is 30.9 Å². The van der Waals surface area contributed by atoms with Gasteiger partial charge < -0.3 is 9.64 Å². The lowest BCUT2D eigenvalue weighted by molar-refractivity contribution is -0.385. The van der Waals surface area contributed by atoms with Gasteiger partial charge in [0.05, 0.1) is 11.1 Å². The largest absolute Gasteiger partial charge is 0.432 e. The molecule has 0 aliphatic carbocycles. The average molecular weight is 315 g/mol. The van der Waals surface area contributed by atoms with Crippen LogP contribution in [-0.4, -0.2) is 33.0 Å². The van der Waals surface area contributed by atoms with E-state index < -0.39 is 4.92 Å². The Bertz CT molecular complexity index is 672. The minimum Gasteiger partial charge on any atom is -0.432 e. The molecule has 3 rings (SSSR count). The highest BCUT2D eigenvalue weighted by Crippen LogP contribution is 2.36. The number of nitrogens with zero attached hydrogens (tertiary/aromatic N) is 5. The third kappa shape index (κ3) is 3.53. The molecule has 2 aromatic heterocycles. The molecule has 1 aliphatic rings. The van der Waals surface area contributed by atoms with Gasteiger partial charge in [-0.15, -0.1) is 0 Å². The zero-order valence-electron chi connectivity index (χ0n) is 12.6.